The van der Waals surface area contributed by atoms with Crippen molar-refractivity contribution in [3.8, 4) is 5.75 Å². The first-order valence-corrected chi connectivity index (χ1v) is 9.63. The van der Waals surface area contributed by atoms with Crippen molar-refractivity contribution < 1.29 is 9.53 Å². The van der Waals surface area contributed by atoms with Crippen LogP contribution in [0, 0.1) is 13.8 Å². The summed E-state index contributed by atoms with van der Waals surface area (Å²) in [7, 11) is 0. The normalized spacial score (nSPS) is 10.7. The molecule has 3 aromatic rings. The Balaban J connectivity index is 1.68. The highest BCUT2D eigenvalue weighted by molar-refractivity contribution is 6.03. The second kappa shape index (κ2) is 9.19. The zero-order valence-electron chi connectivity index (χ0n) is 17.2. The summed E-state index contributed by atoms with van der Waals surface area (Å²) in [4.78, 5) is 21.4. The lowest BCUT2D eigenvalue weighted by Crippen LogP contribution is -2.16. The Morgan fingerprint density at radius 3 is 2.45 bits per heavy atom. The molecule has 0 radical (unpaired) electrons. The molecule has 0 spiro atoms. The van der Waals surface area contributed by atoms with Gasteiger partial charge in [-0.3, -0.25) is 4.79 Å². The van der Waals surface area contributed by atoms with E-state index in [2.05, 4.69) is 39.7 Å². The van der Waals surface area contributed by atoms with Crippen LogP contribution in [0.15, 0.2) is 54.6 Å². The lowest BCUT2D eigenvalue weighted by Gasteiger charge is -2.11. The summed E-state index contributed by atoms with van der Waals surface area (Å²) in [5, 5.41) is 6.07. The van der Waals surface area contributed by atoms with Crippen molar-refractivity contribution in [3.05, 3.63) is 77.1 Å². The van der Waals surface area contributed by atoms with Crippen LogP contribution in [0.2, 0.25) is 0 Å². The number of nitrogens with one attached hydrogen (secondary N) is 2. The van der Waals surface area contributed by atoms with E-state index in [9.17, 15) is 4.79 Å². The Labute approximate surface area is 171 Å². The number of rotatable bonds is 7. The number of aryl methyl sites for hydroxylation is 2. The van der Waals surface area contributed by atoms with Crippen molar-refractivity contribution in [2.24, 2.45) is 0 Å². The summed E-state index contributed by atoms with van der Waals surface area (Å²) < 4.78 is 5.62. The fourth-order valence-corrected chi connectivity index (χ4v) is 2.83. The van der Waals surface area contributed by atoms with E-state index in [4.69, 9.17) is 4.74 Å². The number of carbonyl (C=O) groups excluding carboxylic acids is 1. The first-order valence-electron chi connectivity index (χ1n) is 9.63. The van der Waals surface area contributed by atoms with Crippen LogP contribution in [-0.2, 0) is 6.54 Å². The van der Waals surface area contributed by atoms with Crippen LogP contribution in [-0.4, -0.2) is 22.0 Å². The molecule has 0 saturated heterocycles. The van der Waals surface area contributed by atoms with Gasteiger partial charge in [0.15, 0.2) is 0 Å². The van der Waals surface area contributed by atoms with Gasteiger partial charge in [0.25, 0.3) is 5.91 Å². The zero-order valence-corrected chi connectivity index (χ0v) is 17.2. The third-order valence-electron chi connectivity index (χ3n) is 4.27. The van der Waals surface area contributed by atoms with E-state index in [-0.39, 0.29) is 12.0 Å². The maximum Gasteiger partial charge on any atom is 0.274 e. The minimum absolute atomic E-state index is 0.102. The molecule has 0 aliphatic heterocycles. The Hall–Kier alpha value is -3.41. The fourth-order valence-electron chi connectivity index (χ4n) is 2.83. The van der Waals surface area contributed by atoms with Gasteiger partial charge in [-0.15, -0.1) is 0 Å². The second-order valence-electron chi connectivity index (χ2n) is 7.14. The molecule has 0 aliphatic carbocycles. The van der Waals surface area contributed by atoms with Gasteiger partial charge in [0, 0.05) is 17.9 Å². The average Bonchev–Trinajstić information content (AvgIpc) is 2.68. The van der Waals surface area contributed by atoms with Gasteiger partial charge in [-0.1, -0.05) is 24.3 Å². The van der Waals surface area contributed by atoms with Gasteiger partial charge in [0.05, 0.1) is 6.10 Å². The van der Waals surface area contributed by atoms with E-state index in [1.54, 1.807) is 18.2 Å². The zero-order chi connectivity index (χ0) is 20.8. The van der Waals surface area contributed by atoms with Crippen molar-refractivity contribution in [2.45, 2.75) is 40.3 Å². The number of amides is 1. The van der Waals surface area contributed by atoms with Crippen molar-refractivity contribution in [1.82, 2.24) is 9.97 Å². The van der Waals surface area contributed by atoms with E-state index in [0.29, 0.717) is 23.9 Å². The molecule has 0 saturated carbocycles. The maximum absolute atomic E-state index is 12.6. The minimum atomic E-state index is -0.285. The van der Waals surface area contributed by atoms with Crippen LogP contribution < -0.4 is 15.4 Å². The van der Waals surface area contributed by atoms with Crippen molar-refractivity contribution in [2.75, 3.05) is 10.6 Å². The van der Waals surface area contributed by atoms with E-state index >= 15 is 0 Å². The number of aromatic nitrogens is 2. The molecular formula is C23H26N4O2. The van der Waals surface area contributed by atoms with Crippen molar-refractivity contribution in [3.63, 3.8) is 0 Å². The number of anilines is 2. The maximum atomic E-state index is 12.6. The van der Waals surface area contributed by atoms with E-state index in [1.165, 1.54) is 5.56 Å². The number of carbonyl (C=O) groups is 1. The predicted molar refractivity (Wildman–Crippen MR) is 115 cm³/mol. The van der Waals surface area contributed by atoms with Crippen molar-refractivity contribution >= 4 is 17.5 Å². The van der Waals surface area contributed by atoms with Gasteiger partial charge >= 0.3 is 0 Å². The van der Waals surface area contributed by atoms with Crippen LogP contribution >= 0.6 is 0 Å². The molecule has 2 N–H and O–H groups in total. The molecule has 6 heteroatoms. The molecule has 0 unspecified atom stereocenters. The highest BCUT2D eigenvalue weighted by Crippen LogP contribution is 2.18. The molecule has 0 fully saturated rings. The quantitative estimate of drug-likeness (QED) is 0.609. The summed E-state index contributed by atoms with van der Waals surface area (Å²) in [5.41, 5.74) is 4.06. The molecule has 0 aliphatic rings. The molecule has 1 amide bonds. The van der Waals surface area contributed by atoms with E-state index < -0.39 is 0 Å². The van der Waals surface area contributed by atoms with Crippen LogP contribution in [0.25, 0.3) is 0 Å². The summed E-state index contributed by atoms with van der Waals surface area (Å²) in [6, 6.07) is 17.1. The molecule has 6 nitrogen and oxygen atoms in total. The molecule has 3 rings (SSSR count). The number of hydrogen-bond acceptors (Lipinski definition) is 5. The van der Waals surface area contributed by atoms with Gasteiger partial charge in [-0.25, -0.2) is 9.97 Å². The van der Waals surface area contributed by atoms with Gasteiger partial charge in [0.1, 0.15) is 11.4 Å². The minimum Gasteiger partial charge on any atom is -0.491 e. The van der Waals surface area contributed by atoms with Crippen LogP contribution in [0.4, 0.5) is 11.6 Å². The summed E-state index contributed by atoms with van der Waals surface area (Å²) >= 11 is 0. The smallest absolute Gasteiger partial charge is 0.274 e. The Morgan fingerprint density at radius 2 is 1.76 bits per heavy atom. The van der Waals surface area contributed by atoms with Crippen LogP contribution in [0.3, 0.4) is 0 Å². The largest absolute Gasteiger partial charge is 0.491 e. The Kier molecular flexibility index (Phi) is 6.44. The SMILES string of the molecule is Cc1cc(C(=O)Nc2ccc(OC(C)C)cc2)nc(NCc2ccccc2C)n1. The topological polar surface area (TPSA) is 76.1 Å². The van der Waals surface area contributed by atoms with Gasteiger partial charge < -0.3 is 15.4 Å². The molecule has 0 atom stereocenters. The Bertz CT molecular complexity index is 984. The molecule has 0 bridgehead atoms. The molecular weight excluding hydrogens is 364 g/mol. The van der Waals surface area contributed by atoms with Gasteiger partial charge in [-0.05, 0) is 69.2 Å². The fraction of sp³-hybridized carbons (Fsp3) is 0.261. The summed E-state index contributed by atoms with van der Waals surface area (Å²) in [5.74, 6) is 0.907. The number of ether oxygens (including phenoxy) is 1. The molecule has 2 aromatic carbocycles. The highest BCUT2D eigenvalue weighted by Gasteiger charge is 2.11. The predicted octanol–water partition coefficient (Wildman–Crippen LogP) is 4.75. The highest BCUT2D eigenvalue weighted by atomic mass is 16.5. The number of benzene rings is 2. The van der Waals surface area contributed by atoms with Crippen LogP contribution in [0.5, 0.6) is 5.75 Å². The van der Waals surface area contributed by atoms with E-state index in [1.807, 2.05) is 45.0 Å². The first kappa shape index (κ1) is 20.3. The van der Waals surface area contributed by atoms with Gasteiger partial charge in [-0.2, -0.15) is 0 Å². The lowest BCUT2D eigenvalue weighted by molar-refractivity contribution is 0.102. The standard InChI is InChI=1S/C23H26N4O2/c1-15(2)29-20-11-9-19(10-12-20)26-22(28)21-13-17(4)25-23(27-21)24-14-18-8-6-5-7-16(18)3/h5-13,15H,14H2,1-4H3,(H,26,28)(H,24,25,27). The lowest BCUT2D eigenvalue weighted by atomic mass is 10.1. The average molecular weight is 390 g/mol. The molecule has 1 aromatic heterocycles. The molecule has 150 valence electrons. The van der Waals surface area contributed by atoms with Gasteiger partial charge in [0.2, 0.25) is 5.95 Å². The molecule has 1 heterocycles. The first-order chi connectivity index (χ1) is 13.9. The second-order valence-corrected chi connectivity index (χ2v) is 7.14. The molecule has 29 heavy (non-hydrogen) atoms. The monoisotopic (exact) mass is 390 g/mol. The van der Waals surface area contributed by atoms with Crippen LogP contribution in [0.1, 0.15) is 41.2 Å². The third-order valence-corrected chi connectivity index (χ3v) is 4.27. The Morgan fingerprint density at radius 1 is 1.03 bits per heavy atom. The third kappa shape index (κ3) is 5.78. The number of hydrogen-bond donors (Lipinski definition) is 2. The summed E-state index contributed by atoms with van der Waals surface area (Å²) in [6.07, 6.45) is 0.102. The number of nitrogens with zero attached hydrogens (tertiary/aromatic N) is 2. The summed E-state index contributed by atoms with van der Waals surface area (Å²) in [6.45, 7) is 8.43. The van der Waals surface area contributed by atoms with Crippen molar-refractivity contribution in [1.29, 1.82) is 0 Å². The van der Waals surface area contributed by atoms with E-state index in [0.717, 1.165) is 17.0 Å².